The molecular formula is C22H30N2O2S. The van der Waals surface area contributed by atoms with Crippen LogP contribution in [0.25, 0.3) is 0 Å². The largest absolute Gasteiger partial charge is 0.486 e. The van der Waals surface area contributed by atoms with Crippen LogP contribution in [0.2, 0.25) is 0 Å². The maximum atomic E-state index is 13.0. The minimum absolute atomic E-state index is 0.210. The van der Waals surface area contributed by atoms with E-state index in [0.29, 0.717) is 19.1 Å². The summed E-state index contributed by atoms with van der Waals surface area (Å²) in [5, 5.41) is 3.01. The number of amides is 1. The van der Waals surface area contributed by atoms with Crippen LogP contribution in [0, 0.1) is 12.8 Å². The Morgan fingerprint density at radius 1 is 1.37 bits per heavy atom. The van der Waals surface area contributed by atoms with Crippen LogP contribution in [0.4, 0.5) is 0 Å². The first-order chi connectivity index (χ1) is 13.1. The Labute approximate surface area is 166 Å². The molecule has 1 aromatic heterocycles. The van der Waals surface area contributed by atoms with E-state index in [2.05, 4.69) is 32.2 Å². The van der Waals surface area contributed by atoms with Gasteiger partial charge in [0.1, 0.15) is 17.4 Å². The SMILES string of the molecule is CC[C@@H](C)N(Cc1csc(COc2cccc(C)c2)n1)C(=O)C1CCCC1. The Balaban J connectivity index is 1.62. The Hall–Kier alpha value is -1.88. The summed E-state index contributed by atoms with van der Waals surface area (Å²) >= 11 is 1.60. The minimum atomic E-state index is 0.210. The van der Waals surface area contributed by atoms with Crippen LogP contribution >= 0.6 is 11.3 Å². The van der Waals surface area contributed by atoms with Crippen molar-refractivity contribution in [2.45, 2.75) is 72.1 Å². The maximum Gasteiger partial charge on any atom is 0.226 e. The van der Waals surface area contributed by atoms with Gasteiger partial charge < -0.3 is 9.64 Å². The summed E-state index contributed by atoms with van der Waals surface area (Å²) in [7, 11) is 0. The van der Waals surface area contributed by atoms with E-state index in [9.17, 15) is 4.79 Å². The molecule has 1 fully saturated rings. The number of thiazole rings is 1. The number of carbonyl (C=O) groups excluding carboxylic acids is 1. The average Bonchev–Trinajstić information content (AvgIpc) is 3.35. The summed E-state index contributed by atoms with van der Waals surface area (Å²) in [5.41, 5.74) is 2.15. The molecule has 0 aliphatic heterocycles. The number of aryl methyl sites for hydroxylation is 1. The Bertz CT molecular complexity index is 752. The number of benzene rings is 1. The van der Waals surface area contributed by atoms with Gasteiger partial charge in [0.25, 0.3) is 0 Å². The molecule has 0 spiro atoms. The number of hydrogen-bond acceptors (Lipinski definition) is 4. The predicted octanol–water partition coefficient (Wildman–Crippen LogP) is 5.35. The zero-order chi connectivity index (χ0) is 19.2. The molecule has 1 amide bonds. The van der Waals surface area contributed by atoms with E-state index in [4.69, 9.17) is 9.72 Å². The van der Waals surface area contributed by atoms with Gasteiger partial charge in [-0.05, 0) is 50.8 Å². The topological polar surface area (TPSA) is 42.4 Å². The van der Waals surface area contributed by atoms with Crippen molar-refractivity contribution < 1.29 is 9.53 Å². The molecule has 1 aromatic carbocycles. The summed E-state index contributed by atoms with van der Waals surface area (Å²) in [4.78, 5) is 19.7. The smallest absolute Gasteiger partial charge is 0.226 e. The van der Waals surface area contributed by atoms with Crippen LogP contribution in [0.3, 0.4) is 0 Å². The first-order valence-corrected chi connectivity index (χ1v) is 10.9. The van der Waals surface area contributed by atoms with E-state index in [-0.39, 0.29) is 12.0 Å². The lowest BCUT2D eigenvalue weighted by Gasteiger charge is -2.30. The van der Waals surface area contributed by atoms with E-state index < -0.39 is 0 Å². The summed E-state index contributed by atoms with van der Waals surface area (Å²) in [6.07, 6.45) is 5.41. The fourth-order valence-corrected chi connectivity index (χ4v) is 4.29. The molecule has 0 saturated heterocycles. The molecule has 2 aromatic rings. The van der Waals surface area contributed by atoms with Gasteiger partial charge >= 0.3 is 0 Å². The van der Waals surface area contributed by atoms with Gasteiger partial charge in [0.15, 0.2) is 0 Å². The van der Waals surface area contributed by atoms with E-state index in [1.165, 1.54) is 18.4 Å². The van der Waals surface area contributed by atoms with Gasteiger partial charge in [-0.3, -0.25) is 4.79 Å². The number of hydrogen-bond donors (Lipinski definition) is 0. The molecule has 3 rings (SSSR count). The third-order valence-corrected chi connectivity index (χ3v) is 6.27. The zero-order valence-electron chi connectivity index (χ0n) is 16.6. The molecular weight excluding hydrogens is 356 g/mol. The molecule has 0 unspecified atom stereocenters. The lowest BCUT2D eigenvalue weighted by Crippen LogP contribution is -2.41. The van der Waals surface area contributed by atoms with Gasteiger partial charge in [-0.25, -0.2) is 4.98 Å². The van der Waals surface area contributed by atoms with Crippen LogP contribution in [-0.4, -0.2) is 21.8 Å². The highest BCUT2D eigenvalue weighted by atomic mass is 32.1. The van der Waals surface area contributed by atoms with Crippen molar-refractivity contribution >= 4 is 17.2 Å². The van der Waals surface area contributed by atoms with E-state index >= 15 is 0 Å². The Morgan fingerprint density at radius 2 is 2.15 bits per heavy atom. The highest BCUT2D eigenvalue weighted by molar-refractivity contribution is 7.09. The summed E-state index contributed by atoms with van der Waals surface area (Å²) in [6, 6.07) is 8.29. The normalized spacial score (nSPS) is 15.7. The maximum absolute atomic E-state index is 13.0. The first kappa shape index (κ1) is 19.9. The third kappa shape index (κ3) is 5.32. The molecule has 146 valence electrons. The van der Waals surface area contributed by atoms with Crippen molar-refractivity contribution in [3.8, 4) is 5.75 Å². The monoisotopic (exact) mass is 386 g/mol. The zero-order valence-corrected chi connectivity index (χ0v) is 17.4. The fourth-order valence-electron chi connectivity index (χ4n) is 3.59. The van der Waals surface area contributed by atoms with Crippen LogP contribution < -0.4 is 4.74 Å². The number of ether oxygens (including phenoxy) is 1. The van der Waals surface area contributed by atoms with Crippen LogP contribution in [0.1, 0.15) is 62.2 Å². The molecule has 4 nitrogen and oxygen atoms in total. The Kier molecular flexibility index (Phi) is 6.89. The van der Waals surface area contributed by atoms with Crippen LogP contribution in [0.15, 0.2) is 29.6 Å². The highest BCUT2D eigenvalue weighted by Crippen LogP contribution is 2.28. The predicted molar refractivity (Wildman–Crippen MR) is 110 cm³/mol. The molecule has 1 aliphatic rings. The van der Waals surface area contributed by atoms with E-state index in [1.807, 2.05) is 23.1 Å². The molecule has 1 saturated carbocycles. The average molecular weight is 387 g/mol. The van der Waals surface area contributed by atoms with Crippen molar-refractivity contribution in [1.82, 2.24) is 9.88 Å². The molecule has 1 heterocycles. The second-order valence-corrected chi connectivity index (χ2v) is 8.49. The quantitative estimate of drug-likeness (QED) is 0.614. The molecule has 5 heteroatoms. The van der Waals surface area contributed by atoms with Crippen molar-refractivity contribution in [3.63, 3.8) is 0 Å². The summed E-state index contributed by atoms with van der Waals surface area (Å²) in [6.45, 7) is 7.40. The molecule has 0 radical (unpaired) electrons. The second kappa shape index (κ2) is 9.36. The lowest BCUT2D eigenvalue weighted by molar-refractivity contribution is -0.138. The molecule has 0 N–H and O–H groups in total. The third-order valence-electron chi connectivity index (χ3n) is 5.39. The lowest BCUT2D eigenvalue weighted by atomic mass is 10.0. The number of rotatable bonds is 8. The Morgan fingerprint density at radius 3 is 2.85 bits per heavy atom. The van der Waals surface area contributed by atoms with Crippen LogP contribution in [-0.2, 0) is 17.9 Å². The van der Waals surface area contributed by atoms with Gasteiger partial charge in [-0.1, -0.05) is 31.9 Å². The first-order valence-electron chi connectivity index (χ1n) is 10.00. The van der Waals surface area contributed by atoms with Gasteiger partial charge in [0.05, 0.1) is 12.2 Å². The van der Waals surface area contributed by atoms with Gasteiger partial charge in [0.2, 0.25) is 5.91 Å². The number of aromatic nitrogens is 1. The van der Waals surface area contributed by atoms with Crippen molar-refractivity contribution in [3.05, 3.63) is 45.9 Å². The number of carbonyl (C=O) groups is 1. The minimum Gasteiger partial charge on any atom is -0.486 e. The summed E-state index contributed by atoms with van der Waals surface area (Å²) < 4.78 is 5.86. The van der Waals surface area contributed by atoms with Crippen molar-refractivity contribution in [1.29, 1.82) is 0 Å². The number of nitrogens with zero attached hydrogens (tertiary/aromatic N) is 2. The highest BCUT2D eigenvalue weighted by Gasteiger charge is 2.29. The van der Waals surface area contributed by atoms with Gasteiger partial charge in [-0.2, -0.15) is 0 Å². The van der Waals surface area contributed by atoms with Crippen LogP contribution in [0.5, 0.6) is 5.75 Å². The van der Waals surface area contributed by atoms with E-state index in [1.54, 1.807) is 11.3 Å². The molecule has 27 heavy (non-hydrogen) atoms. The molecule has 1 atom stereocenters. The van der Waals surface area contributed by atoms with E-state index in [0.717, 1.165) is 35.7 Å². The molecule has 1 aliphatic carbocycles. The molecule has 0 bridgehead atoms. The van der Waals surface area contributed by atoms with Gasteiger partial charge in [0, 0.05) is 17.3 Å². The van der Waals surface area contributed by atoms with Crippen molar-refractivity contribution in [2.75, 3.05) is 0 Å². The standard InChI is InChI=1S/C22H30N2O2S/c1-4-17(3)24(22(25)18-9-5-6-10-18)13-19-15-27-21(23-19)14-26-20-11-7-8-16(2)12-20/h7-8,11-12,15,17-18H,4-6,9-10,13-14H2,1-3H3/t17-/m1/s1. The second-order valence-electron chi connectivity index (χ2n) is 7.54. The fraction of sp³-hybridized carbons (Fsp3) is 0.545. The summed E-state index contributed by atoms with van der Waals surface area (Å²) in [5.74, 6) is 1.39. The van der Waals surface area contributed by atoms with Gasteiger partial charge in [-0.15, -0.1) is 11.3 Å². The van der Waals surface area contributed by atoms with Crippen molar-refractivity contribution in [2.24, 2.45) is 5.92 Å².